The fourth-order valence-corrected chi connectivity index (χ4v) is 6.03. The summed E-state index contributed by atoms with van der Waals surface area (Å²) in [5.74, 6) is 1.19. The molecule has 0 saturated carbocycles. The summed E-state index contributed by atoms with van der Waals surface area (Å²) in [6.45, 7) is 10.5. The molecule has 8 nitrogen and oxygen atoms in total. The van der Waals surface area contributed by atoms with Gasteiger partial charge in [-0.05, 0) is 81.0 Å². The van der Waals surface area contributed by atoms with Gasteiger partial charge in [0.2, 0.25) is 0 Å². The Kier molecular flexibility index (Phi) is 6.93. The van der Waals surface area contributed by atoms with Crippen LogP contribution in [0.15, 0.2) is 64.1 Å². The van der Waals surface area contributed by atoms with Crippen molar-refractivity contribution in [3.05, 3.63) is 103 Å². The van der Waals surface area contributed by atoms with Crippen LogP contribution in [0, 0.1) is 19.8 Å². The zero-order valence-corrected chi connectivity index (χ0v) is 25.5. The van der Waals surface area contributed by atoms with Gasteiger partial charge in [-0.2, -0.15) is 5.10 Å². The highest BCUT2D eigenvalue weighted by Gasteiger charge is 2.33. The molecule has 0 radical (unpaired) electrons. The van der Waals surface area contributed by atoms with Crippen molar-refractivity contribution < 1.29 is 4.79 Å². The van der Waals surface area contributed by atoms with Crippen molar-refractivity contribution in [3.8, 4) is 16.9 Å². The molecule has 1 aliphatic rings. The number of hydrogen-bond donors (Lipinski definition) is 1. The van der Waals surface area contributed by atoms with Crippen LogP contribution in [0.4, 0.5) is 0 Å². The lowest BCUT2D eigenvalue weighted by molar-refractivity contribution is 0.0651. The topological polar surface area (TPSA) is 88.3 Å². The highest BCUT2D eigenvalue weighted by Crippen LogP contribution is 2.29. The molecule has 41 heavy (non-hydrogen) atoms. The van der Waals surface area contributed by atoms with Crippen molar-refractivity contribution in [2.75, 3.05) is 0 Å². The first kappa shape index (κ1) is 27.2. The third kappa shape index (κ3) is 4.82. The number of carbonyl (C=O) groups is 1. The number of hydrogen-bond acceptors (Lipinski definition) is 4. The van der Waals surface area contributed by atoms with Gasteiger partial charge in [-0.1, -0.05) is 41.9 Å². The second-order valence-electron chi connectivity index (χ2n) is 11.4. The fraction of sp³-hybridized carbons (Fsp3) is 0.312. The molecule has 6 rings (SSSR count). The maximum Gasteiger partial charge on any atom is 0.261 e. The first-order valence-electron chi connectivity index (χ1n) is 13.9. The highest BCUT2D eigenvalue weighted by atomic mass is 79.9. The van der Waals surface area contributed by atoms with Crippen LogP contribution in [0.5, 0.6) is 0 Å². The lowest BCUT2D eigenvalue weighted by Gasteiger charge is -2.35. The molecule has 1 amide bonds. The number of aromatic nitrogens is 5. The minimum absolute atomic E-state index is 0.0460. The Labute approximate surface area is 247 Å². The molecule has 2 aromatic carbocycles. The number of aryl methyl sites for hydroxylation is 2. The normalized spacial score (nSPS) is 15.1. The van der Waals surface area contributed by atoms with Crippen LogP contribution in [0.3, 0.4) is 0 Å². The maximum absolute atomic E-state index is 14.3. The summed E-state index contributed by atoms with van der Waals surface area (Å²) in [5.41, 5.74) is 7.55. The Morgan fingerprint density at radius 3 is 2.54 bits per heavy atom. The molecular formula is C32H33BrN6O2. The molecule has 9 heteroatoms. The van der Waals surface area contributed by atoms with Gasteiger partial charge in [-0.25, -0.2) is 9.50 Å². The van der Waals surface area contributed by atoms with Gasteiger partial charge < -0.3 is 9.88 Å². The van der Waals surface area contributed by atoms with Crippen LogP contribution in [0.25, 0.3) is 22.6 Å². The van der Waals surface area contributed by atoms with Crippen LogP contribution in [0.1, 0.15) is 59.3 Å². The lowest BCUT2D eigenvalue weighted by Crippen LogP contribution is -2.46. The molecule has 0 spiro atoms. The van der Waals surface area contributed by atoms with E-state index >= 15 is 0 Å². The van der Waals surface area contributed by atoms with E-state index in [-0.39, 0.29) is 17.5 Å². The predicted molar refractivity (Wildman–Crippen MR) is 164 cm³/mol. The molecule has 4 heterocycles. The number of benzene rings is 2. The number of imidazole rings is 1. The molecule has 0 unspecified atom stereocenters. The molecule has 0 saturated heterocycles. The minimum atomic E-state index is -0.144. The van der Waals surface area contributed by atoms with Gasteiger partial charge in [0.1, 0.15) is 11.5 Å². The van der Waals surface area contributed by atoms with E-state index in [1.54, 1.807) is 4.57 Å². The van der Waals surface area contributed by atoms with Crippen molar-refractivity contribution in [1.82, 2.24) is 29.0 Å². The van der Waals surface area contributed by atoms with Crippen LogP contribution in [-0.2, 0) is 19.4 Å². The monoisotopic (exact) mass is 612 g/mol. The Bertz CT molecular complexity index is 1850. The smallest absolute Gasteiger partial charge is 0.261 e. The van der Waals surface area contributed by atoms with Crippen molar-refractivity contribution in [2.24, 2.45) is 5.92 Å². The van der Waals surface area contributed by atoms with Crippen molar-refractivity contribution in [3.63, 3.8) is 0 Å². The number of aromatic amines is 1. The van der Waals surface area contributed by atoms with Crippen molar-refractivity contribution >= 4 is 27.5 Å². The minimum Gasteiger partial charge on any atom is -0.342 e. The zero-order valence-electron chi connectivity index (χ0n) is 23.9. The summed E-state index contributed by atoms with van der Waals surface area (Å²) in [6, 6.07) is 13.5. The van der Waals surface area contributed by atoms with Crippen LogP contribution in [0.2, 0.25) is 0 Å². The molecule has 5 aromatic rings. The Morgan fingerprint density at radius 2 is 1.88 bits per heavy atom. The van der Waals surface area contributed by atoms with Crippen LogP contribution in [-0.4, -0.2) is 41.0 Å². The number of nitrogens with one attached hydrogen (secondary N) is 1. The van der Waals surface area contributed by atoms with Gasteiger partial charge in [0.15, 0.2) is 0 Å². The molecular weight excluding hydrogens is 580 g/mol. The SMILES string of the molecule is Cc1ncc(-c2ccc(-n3c(=O)c4c(n5ncc(CC(C)C)c35)CN(C(=O)c3ccc(Br)c(C)c3)[C@H](C)C4)cc2)[nH]1. The van der Waals surface area contributed by atoms with E-state index in [1.807, 2.05) is 85.0 Å². The molecule has 0 fully saturated rings. The average Bonchev–Trinajstić information content (AvgIpc) is 3.56. The Balaban J connectivity index is 1.48. The molecule has 0 aliphatic carbocycles. The lowest BCUT2D eigenvalue weighted by atomic mass is 9.97. The number of amides is 1. The molecule has 210 valence electrons. The van der Waals surface area contributed by atoms with Gasteiger partial charge in [-0.3, -0.25) is 14.2 Å². The highest BCUT2D eigenvalue weighted by molar-refractivity contribution is 9.10. The van der Waals surface area contributed by atoms with Gasteiger partial charge in [0, 0.05) is 27.2 Å². The van der Waals surface area contributed by atoms with Gasteiger partial charge >= 0.3 is 0 Å². The summed E-state index contributed by atoms with van der Waals surface area (Å²) in [7, 11) is 0. The summed E-state index contributed by atoms with van der Waals surface area (Å²) in [4.78, 5) is 37.4. The summed E-state index contributed by atoms with van der Waals surface area (Å²) < 4.78 is 4.66. The number of halogens is 1. The number of fused-ring (bicyclic) bond motifs is 3. The van der Waals surface area contributed by atoms with E-state index in [4.69, 9.17) is 5.10 Å². The molecule has 1 atom stereocenters. The summed E-state index contributed by atoms with van der Waals surface area (Å²) in [5, 5.41) is 4.80. The predicted octanol–water partition coefficient (Wildman–Crippen LogP) is 6.04. The third-order valence-corrected chi connectivity index (χ3v) is 8.77. The van der Waals surface area contributed by atoms with E-state index in [1.165, 1.54) is 0 Å². The van der Waals surface area contributed by atoms with E-state index in [0.29, 0.717) is 30.0 Å². The quantitative estimate of drug-likeness (QED) is 0.262. The number of carbonyl (C=O) groups excluding carboxylic acids is 1. The third-order valence-electron chi connectivity index (χ3n) is 7.88. The van der Waals surface area contributed by atoms with E-state index < -0.39 is 0 Å². The number of rotatable bonds is 5. The first-order valence-corrected chi connectivity index (χ1v) is 14.7. The second kappa shape index (κ2) is 10.4. The molecule has 0 bridgehead atoms. The molecule has 1 aliphatic heterocycles. The maximum atomic E-state index is 14.3. The van der Waals surface area contributed by atoms with Crippen molar-refractivity contribution in [2.45, 2.75) is 60.0 Å². The largest absolute Gasteiger partial charge is 0.342 e. The van der Waals surface area contributed by atoms with E-state index in [0.717, 1.165) is 56.1 Å². The zero-order chi connectivity index (χ0) is 29.0. The fourth-order valence-electron chi connectivity index (χ4n) is 5.78. The van der Waals surface area contributed by atoms with Gasteiger partial charge in [-0.15, -0.1) is 0 Å². The van der Waals surface area contributed by atoms with Crippen molar-refractivity contribution in [1.29, 1.82) is 0 Å². The van der Waals surface area contributed by atoms with Crippen LogP contribution >= 0.6 is 15.9 Å². The second-order valence-corrected chi connectivity index (χ2v) is 12.3. The van der Waals surface area contributed by atoms with E-state index in [9.17, 15) is 9.59 Å². The standard InChI is InChI=1S/C32H33BrN6O2/c1-18(2)12-24-15-35-39-29-17-37(31(40)23-8-11-27(33)19(3)13-23)20(4)14-26(29)32(41)38(30(24)39)25-9-6-22(7-10-25)28-16-34-21(5)36-28/h6-11,13,15-16,18,20H,12,14,17H2,1-5H3,(H,34,36)/t20-/m1/s1. The van der Waals surface area contributed by atoms with Gasteiger partial charge in [0.25, 0.3) is 11.5 Å². The molecule has 1 N–H and O–H groups in total. The molecule has 3 aromatic heterocycles. The average molecular weight is 614 g/mol. The summed E-state index contributed by atoms with van der Waals surface area (Å²) in [6.07, 6.45) is 4.92. The van der Waals surface area contributed by atoms with E-state index in [2.05, 4.69) is 39.7 Å². The Hall–Kier alpha value is -3.98. The van der Waals surface area contributed by atoms with Crippen LogP contribution < -0.4 is 5.56 Å². The number of H-pyrrole nitrogens is 1. The number of nitrogens with zero attached hydrogens (tertiary/aromatic N) is 5. The summed E-state index contributed by atoms with van der Waals surface area (Å²) >= 11 is 3.53. The first-order chi connectivity index (χ1) is 19.6. The Morgan fingerprint density at radius 1 is 1.12 bits per heavy atom. The van der Waals surface area contributed by atoms with Gasteiger partial charge in [0.05, 0.1) is 36.0 Å².